The molecule has 4 nitrogen and oxygen atoms in total. The van der Waals surface area contributed by atoms with Gasteiger partial charge >= 0.3 is 5.97 Å². The first-order chi connectivity index (χ1) is 9.56. The highest BCUT2D eigenvalue weighted by Gasteiger charge is 2.22. The van der Waals surface area contributed by atoms with E-state index in [2.05, 4.69) is 63.6 Å². The van der Waals surface area contributed by atoms with Crippen LogP contribution in [-0.4, -0.2) is 53.6 Å². The molecule has 1 aromatic carbocycles. The summed E-state index contributed by atoms with van der Waals surface area (Å²) in [5, 5.41) is 8.72. The van der Waals surface area contributed by atoms with Crippen molar-refractivity contribution in [2.24, 2.45) is 0 Å². The fourth-order valence-corrected chi connectivity index (χ4v) is 2.94. The SMILES string of the molecule is CC(c1ccc(I)cc1)N1CCN(CCC(=O)O)CC1. The summed E-state index contributed by atoms with van der Waals surface area (Å²) < 4.78 is 1.26. The van der Waals surface area contributed by atoms with Gasteiger partial charge in [-0.15, -0.1) is 0 Å². The molecule has 0 radical (unpaired) electrons. The van der Waals surface area contributed by atoms with E-state index in [4.69, 9.17) is 5.11 Å². The van der Waals surface area contributed by atoms with E-state index in [0.717, 1.165) is 26.2 Å². The minimum Gasteiger partial charge on any atom is -0.481 e. The minimum atomic E-state index is -0.709. The standard InChI is InChI=1S/C15H21IN2O2/c1-12(13-2-4-14(16)5-3-13)18-10-8-17(9-11-18)7-6-15(19)20/h2-5,12H,6-11H2,1H3,(H,19,20). The molecule has 110 valence electrons. The van der Waals surface area contributed by atoms with Crippen molar-refractivity contribution in [1.29, 1.82) is 0 Å². The molecule has 1 unspecified atom stereocenters. The molecule has 1 fully saturated rings. The third-order valence-corrected chi connectivity index (χ3v) is 4.67. The maximum absolute atomic E-state index is 10.6. The smallest absolute Gasteiger partial charge is 0.304 e. The van der Waals surface area contributed by atoms with E-state index in [1.54, 1.807) is 0 Å². The fraction of sp³-hybridized carbons (Fsp3) is 0.533. The number of hydrogen-bond acceptors (Lipinski definition) is 3. The number of carboxylic acids is 1. The summed E-state index contributed by atoms with van der Waals surface area (Å²) in [6, 6.07) is 9.12. The second-order valence-corrected chi connectivity index (χ2v) is 6.49. The van der Waals surface area contributed by atoms with E-state index in [9.17, 15) is 4.79 Å². The quantitative estimate of drug-likeness (QED) is 0.788. The summed E-state index contributed by atoms with van der Waals surface area (Å²) in [5.74, 6) is -0.709. The van der Waals surface area contributed by atoms with Crippen molar-refractivity contribution in [3.05, 3.63) is 33.4 Å². The van der Waals surface area contributed by atoms with Gasteiger partial charge in [-0.3, -0.25) is 9.69 Å². The molecule has 0 spiro atoms. The summed E-state index contributed by atoms with van der Waals surface area (Å²) in [4.78, 5) is 15.3. The molecular formula is C15H21IN2O2. The van der Waals surface area contributed by atoms with Crippen LogP contribution in [0.2, 0.25) is 0 Å². The van der Waals surface area contributed by atoms with Crippen LogP contribution in [0.15, 0.2) is 24.3 Å². The highest BCUT2D eigenvalue weighted by atomic mass is 127. The number of hydrogen-bond donors (Lipinski definition) is 1. The Morgan fingerprint density at radius 2 is 1.85 bits per heavy atom. The van der Waals surface area contributed by atoms with E-state index < -0.39 is 5.97 Å². The zero-order chi connectivity index (χ0) is 14.5. The van der Waals surface area contributed by atoms with E-state index >= 15 is 0 Å². The molecule has 0 amide bonds. The lowest BCUT2D eigenvalue weighted by Gasteiger charge is -2.38. The lowest BCUT2D eigenvalue weighted by atomic mass is 10.1. The molecule has 1 atom stereocenters. The summed E-state index contributed by atoms with van der Waals surface area (Å²) in [7, 11) is 0. The number of benzene rings is 1. The van der Waals surface area contributed by atoms with Crippen molar-refractivity contribution in [3.8, 4) is 0 Å². The predicted octanol–water partition coefficient (Wildman–Crippen LogP) is 2.44. The molecule has 1 N–H and O–H groups in total. The average molecular weight is 388 g/mol. The Kier molecular flexibility index (Phi) is 5.80. The number of carbonyl (C=O) groups is 1. The van der Waals surface area contributed by atoms with Gasteiger partial charge < -0.3 is 10.0 Å². The van der Waals surface area contributed by atoms with E-state index in [-0.39, 0.29) is 6.42 Å². The van der Waals surface area contributed by atoms with Crippen LogP contribution < -0.4 is 0 Å². The first-order valence-electron chi connectivity index (χ1n) is 7.00. The van der Waals surface area contributed by atoms with E-state index in [1.165, 1.54) is 9.13 Å². The Bertz CT molecular complexity index is 442. The van der Waals surface area contributed by atoms with Gasteiger partial charge in [0, 0.05) is 42.3 Å². The van der Waals surface area contributed by atoms with Gasteiger partial charge in [-0.25, -0.2) is 0 Å². The van der Waals surface area contributed by atoms with Crippen LogP contribution in [0.25, 0.3) is 0 Å². The van der Waals surface area contributed by atoms with Gasteiger partial charge in [-0.05, 0) is 47.2 Å². The van der Waals surface area contributed by atoms with Crippen LogP contribution >= 0.6 is 22.6 Å². The average Bonchev–Trinajstić information content (AvgIpc) is 2.46. The first-order valence-corrected chi connectivity index (χ1v) is 8.08. The maximum Gasteiger partial charge on any atom is 0.304 e. The van der Waals surface area contributed by atoms with Gasteiger partial charge in [-0.2, -0.15) is 0 Å². The first kappa shape index (κ1) is 15.7. The lowest BCUT2D eigenvalue weighted by Crippen LogP contribution is -2.47. The maximum atomic E-state index is 10.6. The van der Waals surface area contributed by atoms with Gasteiger partial charge in [0.05, 0.1) is 6.42 Å². The van der Waals surface area contributed by atoms with Crippen LogP contribution in [-0.2, 0) is 4.79 Å². The number of halogens is 1. The monoisotopic (exact) mass is 388 g/mol. The second-order valence-electron chi connectivity index (χ2n) is 5.25. The van der Waals surface area contributed by atoms with Crippen molar-refractivity contribution in [2.75, 3.05) is 32.7 Å². The molecular weight excluding hydrogens is 367 g/mol. The van der Waals surface area contributed by atoms with Gasteiger partial charge in [-0.1, -0.05) is 12.1 Å². The molecule has 2 rings (SSSR count). The molecule has 5 heteroatoms. The number of aliphatic carboxylic acids is 1. The van der Waals surface area contributed by atoms with Crippen molar-refractivity contribution >= 4 is 28.6 Å². The molecule has 1 saturated heterocycles. The second kappa shape index (κ2) is 7.38. The fourth-order valence-electron chi connectivity index (χ4n) is 2.58. The van der Waals surface area contributed by atoms with Crippen LogP contribution in [0.3, 0.4) is 0 Å². The minimum absolute atomic E-state index is 0.243. The van der Waals surface area contributed by atoms with Crippen molar-refractivity contribution in [3.63, 3.8) is 0 Å². The molecule has 1 aliphatic rings. The molecule has 20 heavy (non-hydrogen) atoms. The molecule has 0 saturated carbocycles. The molecule has 0 bridgehead atoms. The number of piperazine rings is 1. The summed E-state index contributed by atoms with van der Waals surface area (Å²) in [6.07, 6.45) is 0.243. The van der Waals surface area contributed by atoms with Crippen molar-refractivity contribution in [1.82, 2.24) is 9.80 Å². The Hall–Kier alpha value is -0.660. The Labute approximate surface area is 133 Å². The molecule has 0 aliphatic carbocycles. The van der Waals surface area contributed by atoms with Crippen LogP contribution in [0.5, 0.6) is 0 Å². The summed E-state index contributed by atoms with van der Waals surface area (Å²) in [6.45, 7) is 6.85. The Morgan fingerprint density at radius 1 is 1.25 bits per heavy atom. The number of carboxylic acid groups (broad SMARTS) is 1. The van der Waals surface area contributed by atoms with Gasteiger partial charge in [0.15, 0.2) is 0 Å². The van der Waals surface area contributed by atoms with Crippen molar-refractivity contribution < 1.29 is 9.90 Å². The van der Waals surface area contributed by atoms with E-state index in [1.807, 2.05) is 0 Å². The summed E-state index contributed by atoms with van der Waals surface area (Å²) in [5.41, 5.74) is 1.35. The third kappa shape index (κ3) is 4.43. The van der Waals surface area contributed by atoms with Crippen molar-refractivity contribution in [2.45, 2.75) is 19.4 Å². The number of rotatable bonds is 5. The zero-order valence-electron chi connectivity index (χ0n) is 11.8. The number of nitrogens with zero attached hydrogens (tertiary/aromatic N) is 2. The Morgan fingerprint density at radius 3 is 2.40 bits per heavy atom. The zero-order valence-corrected chi connectivity index (χ0v) is 13.9. The van der Waals surface area contributed by atoms with Crippen LogP contribution in [0.1, 0.15) is 24.9 Å². The molecule has 0 aromatic heterocycles. The molecule has 1 aromatic rings. The lowest BCUT2D eigenvalue weighted by molar-refractivity contribution is -0.137. The van der Waals surface area contributed by atoms with Gasteiger partial charge in [0.25, 0.3) is 0 Å². The predicted molar refractivity (Wildman–Crippen MR) is 87.8 cm³/mol. The highest BCUT2D eigenvalue weighted by Crippen LogP contribution is 2.22. The highest BCUT2D eigenvalue weighted by molar-refractivity contribution is 14.1. The Balaban J connectivity index is 1.83. The molecule has 1 heterocycles. The largest absolute Gasteiger partial charge is 0.481 e. The van der Waals surface area contributed by atoms with Crippen LogP contribution in [0.4, 0.5) is 0 Å². The van der Waals surface area contributed by atoms with Gasteiger partial charge in [0.1, 0.15) is 0 Å². The normalized spacial score (nSPS) is 18.9. The van der Waals surface area contributed by atoms with Gasteiger partial charge in [0.2, 0.25) is 0 Å². The topological polar surface area (TPSA) is 43.8 Å². The molecule has 1 aliphatic heterocycles. The van der Waals surface area contributed by atoms with E-state index in [0.29, 0.717) is 12.6 Å². The summed E-state index contributed by atoms with van der Waals surface area (Å²) >= 11 is 2.32. The van der Waals surface area contributed by atoms with Crippen LogP contribution in [0, 0.1) is 3.57 Å². The third-order valence-electron chi connectivity index (χ3n) is 3.95.